The molecule has 3 aromatic carbocycles. The molecule has 0 aliphatic heterocycles. The van der Waals surface area contributed by atoms with Gasteiger partial charge in [-0.25, -0.2) is 8.42 Å². The van der Waals surface area contributed by atoms with Gasteiger partial charge in [-0.3, -0.25) is 9.59 Å². The minimum Gasteiger partial charge on any atom is -0.354 e. The zero-order valence-corrected chi connectivity index (χ0v) is 22.7. The fourth-order valence-corrected chi connectivity index (χ4v) is 5.16. The molecule has 0 unspecified atom stereocenters. The Kier molecular flexibility index (Phi) is 9.35. The van der Waals surface area contributed by atoms with Gasteiger partial charge < -0.3 is 10.2 Å². The van der Waals surface area contributed by atoms with Gasteiger partial charge in [0.2, 0.25) is 21.8 Å². The Morgan fingerprint density at radius 3 is 2.33 bits per heavy atom. The highest BCUT2D eigenvalue weighted by Crippen LogP contribution is 2.25. The summed E-state index contributed by atoms with van der Waals surface area (Å²) in [5.41, 5.74) is 0.660. The maximum Gasteiger partial charge on any atom is 0.243 e. The lowest BCUT2D eigenvalue weighted by molar-refractivity contribution is -0.140. The first-order valence-electron chi connectivity index (χ1n) is 11.5. The highest BCUT2D eigenvalue weighted by atomic mass is 35.5. The summed E-state index contributed by atoms with van der Waals surface area (Å²) in [6.07, 6.45) is 0.742. The standard InChI is InChI=1S/C26H29Cl2N3O4S/c1-4-13-29-26(33)18(2)31(16-19-9-12-23(27)24(28)14-19)25(32)17-30(3)36(34,35)22-11-10-20-7-5-6-8-21(20)15-22/h5-12,14-15,18H,4,13,16-17H2,1-3H3,(H,29,33)/t18-/m1/s1. The summed E-state index contributed by atoms with van der Waals surface area (Å²) in [5.74, 6) is -0.850. The van der Waals surface area contributed by atoms with Crippen LogP contribution in [0.2, 0.25) is 10.0 Å². The molecule has 0 aliphatic carbocycles. The van der Waals surface area contributed by atoms with Gasteiger partial charge >= 0.3 is 0 Å². The fraction of sp³-hybridized carbons (Fsp3) is 0.308. The second kappa shape index (κ2) is 12.1. The van der Waals surface area contributed by atoms with Crippen molar-refractivity contribution in [1.29, 1.82) is 0 Å². The van der Waals surface area contributed by atoms with Gasteiger partial charge in [-0.05, 0) is 53.9 Å². The number of sulfonamides is 1. The smallest absolute Gasteiger partial charge is 0.243 e. The van der Waals surface area contributed by atoms with Gasteiger partial charge in [0.1, 0.15) is 6.04 Å². The van der Waals surface area contributed by atoms with E-state index in [0.29, 0.717) is 22.2 Å². The second-order valence-electron chi connectivity index (χ2n) is 8.51. The SMILES string of the molecule is CCCNC(=O)[C@@H](C)N(Cc1ccc(Cl)c(Cl)c1)C(=O)CN(C)S(=O)(=O)c1ccc2ccccc2c1. The van der Waals surface area contributed by atoms with Crippen LogP contribution < -0.4 is 5.32 Å². The summed E-state index contributed by atoms with van der Waals surface area (Å²) in [4.78, 5) is 27.5. The van der Waals surface area contributed by atoms with Crippen molar-refractivity contribution in [3.05, 3.63) is 76.3 Å². The van der Waals surface area contributed by atoms with Crippen LogP contribution in [0.3, 0.4) is 0 Å². The number of hydrogen-bond acceptors (Lipinski definition) is 4. The molecular weight excluding hydrogens is 521 g/mol. The van der Waals surface area contributed by atoms with Crippen LogP contribution in [0.25, 0.3) is 10.8 Å². The van der Waals surface area contributed by atoms with E-state index < -0.39 is 28.5 Å². The summed E-state index contributed by atoms with van der Waals surface area (Å²) < 4.78 is 27.5. The van der Waals surface area contributed by atoms with E-state index in [1.807, 2.05) is 31.2 Å². The van der Waals surface area contributed by atoms with E-state index in [2.05, 4.69) is 5.32 Å². The number of carbonyl (C=O) groups is 2. The molecule has 1 atom stereocenters. The third kappa shape index (κ3) is 6.56. The van der Waals surface area contributed by atoms with Crippen LogP contribution in [-0.2, 0) is 26.2 Å². The molecule has 0 aromatic heterocycles. The van der Waals surface area contributed by atoms with Crippen molar-refractivity contribution in [3.63, 3.8) is 0 Å². The largest absolute Gasteiger partial charge is 0.354 e. The molecule has 0 aliphatic rings. The number of rotatable bonds is 10. The Balaban J connectivity index is 1.85. The first-order valence-corrected chi connectivity index (χ1v) is 13.7. The third-order valence-corrected chi connectivity index (χ3v) is 8.38. The molecule has 36 heavy (non-hydrogen) atoms. The molecule has 3 aromatic rings. The lowest BCUT2D eigenvalue weighted by Crippen LogP contribution is -2.50. The average Bonchev–Trinajstić information content (AvgIpc) is 2.86. The van der Waals surface area contributed by atoms with Gasteiger partial charge in [0.25, 0.3) is 0 Å². The Hall–Kier alpha value is -2.65. The van der Waals surface area contributed by atoms with Gasteiger partial charge in [-0.1, -0.05) is 66.5 Å². The van der Waals surface area contributed by atoms with Crippen molar-refractivity contribution in [2.75, 3.05) is 20.1 Å². The average molecular weight is 551 g/mol. The van der Waals surface area contributed by atoms with Gasteiger partial charge in [0, 0.05) is 20.1 Å². The maximum absolute atomic E-state index is 13.4. The first kappa shape index (κ1) is 27.9. The lowest BCUT2D eigenvalue weighted by atomic mass is 10.1. The zero-order valence-electron chi connectivity index (χ0n) is 20.4. The van der Waals surface area contributed by atoms with E-state index in [-0.39, 0.29) is 17.3 Å². The van der Waals surface area contributed by atoms with Crippen LogP contribution in [0.4, 0.5) is 0 Å². The Morgan fingerprint density at radius 1 is 0.972 bits per heavy atom. The number of fused-ring (bicyclic) bond motifs is 1. The summed E-state index contributed by atoms with van der Waals surface area (Å²) >= 11 is 12.2. The van der Waals surface area contributed by atoms with Crippen molar-refractivity contribution < 1.29 is 18.0 Å². The number of likely N-dealkylation sites (N-methyl/N-ethyl adjacent to an activating group) is 1. The number of nitrogens with one attached hydrogen (secondary N) is 1. The molecule has 192 valence electrons. The highest BCUT2D eigenvalue weighted by Gasteiger charge is 2.30. The molecule has 10 heteroatoms. The Bertz CT molecular complexity index is 1360. The summed E-state index contributed by atoms with van der Waals surface area (Å²) in [6, 6.07) is 16.4. The number of carbonyl (C=O) groups excluding carboxylic acids is 2. The van der Waals surface area contributed by atoms with E-state index in [1.165, 1.54) is 18.0 Å². The van der Waals surface area contributed by atoms with Crippen molar-refractivity contribution in [2.45, 2.75) is 37.8 Å². The van der Waals surface area contributed by atoms with Crippen LogP contribution in [0.5, 0.6) is 0 Å². The van der Waals surface area contributed by atoms with Crippen LogP contribution in [0.15, 0.2) is 65.6 Å². The topological polar surface area (TPSA) is 86.8 Å². The van der Waals surface area contributed by atoms with Crippen LogP contribution >= 0.6 is 23.2 Å². The Morgan fingerprint density at radius 2 is 1.67 bits per heavy atom. The van der Waals surface area contributed by atoms with Crippen LogP contribution in [0.1, 0.15) is 25.8 Å². The second-order valence-corrected chi connectivity index (χ2v) is 11.4. The molecule has 0 radical (unpaired) electrons. The Labute approximate surface area is 222 Å². The molecule has 0 bridgehead atoms. The first-order chi connectivity index (χ1) is 17.0. The molecule has 0 saturated carbocycles. The molecule has 3 rings (SSSR count). The minimum absolute atomic E-state index is 0.0558. The van der Waals surface area contributed by atoms with Gasteiger partial charge in [0.05, 0.1) is 21.5 Å². The van der Waals surface area contributed by atoms with Crippen molar-refractivity contribution >= 4 is 55.8 Å². The van der Waals surface area contributed by atoms with Crippen LogP contribution in [-0.4, -0.2) is 55.6 Å². The molecule has 0 heterocycles. The molecular formula is C26H29Cl2N3O4S. The third-order valence-electron chi connectivity index (χ3n) is 5.84. The number of amides is 2. The summed E-state index contributed by atoms with van der Waals surface area (Å²) in [6.45, 7) is 3.62. The van der Waals surface area contributed by atoms with Crippen molar-refractivity contribution in [3.8, 4) is 0 Å². The molecule has 2 amide bonds. The number of benzene rings is 3. The number of hydrogen-bond donors (Lipinski definition) is 1. The maximum atomic E-state index is 13.4. The van der Waals surface area contributed by atoms with Crippen molar-refractivity contribution in [2.24, 2.45) is 0 Å². The van der Waals surface area contributed by atoms with Crippen LogP contribution in [0, 0.1) is 0 Å². The predicted molar refractivity (Wildman–Crippen MR) is 144 cm³/mol. The fourth-order valence-electron chi connectivity index (χ4n) is 3.69. The highest BCUT2D eigenvalue weighted by molar-refractivity contribution is 7.89. The summed E-state index contributed by atoms with van der Waals surface area (Å²) in [5, 5.41) is 5.17. The normalized spacial score (nSPS) is 12.5. The minimum atomic E-state index is -3.96. The predicted octanol–water partition coefficient (Wildman–Crippen LogP) is 4.71. The molecule has 1 N–H and O–H groups in total. The number of nitrogens with zero attached hydrogens (tertiary/aromatic N) is 2. The van der Waals surface area contributed by atoms with E-state index in [4.69, 9.17) is 23.2 Å². The summed E-state index contributed by atoms with van der Waals surface area (Å²) in [7, 11) is -2.61. The van der Waals surface area contributed by atoms with Crippen molar-refractivity contribution in [1.82, 2.24) is 14.5 Å². The van der Waals surface area contributed by atoms with E-state index in [1.54, 1.807) is 37.3 Å². The van der Waals surface area contributed by atoms with Gasteiger partial charge in [-0.2, -0.15) is 4.31 Å². The van der Waals surface area contributed by atoms with Gasteiger partial charge in [-0.15, -0.1) is 0 Å². The molecule has 0 fully saturated rings. The molecule has 7 nitrogen and oxygen atoms in total. The monoisotopic (exact) mass is 549 g/mol. The quantitative estimate of drug-likeness (QED) is 0.396. The molecule has 0 spiro atoms. The van der Waals surface area contributed by atoms with Gasteiger partial charge in [0.15, 0.2) is 0 Å². The molecule has 0 saturated heterocycles. The van der Waals surface area contributed by atoms with E-state index >= 15 is 0 Å². The number of halogens is 2. The van der Waals surface area contributed by atoms with E-state index in [9.17, 15) is 18.0 Å². The zero-order chi connectivity index (χ0) is 26.5. The lowest BCUT2D eigenvalue weighted by Gasteiger charge is -2.30. The van der Waals surface area contributed by atoms with E-state index in [0.717, 1.165) is 21.5 Å².